The normalized spacial score (nSPS) is 50.7. The summed E-state index contributed by atoms with van der Waals surface area (Å²) in [5.41, 5.74) is 0.0204. The Bertz CT molecular complexity index is 552. The van der Waals surface area contributed by atoms with Crippen molar-refractivity contribution in [1.82, 2.24) is 0 Å². The summed E-state index contributed by atoms with van der Waals surface area (Å²) in [7, 11) is 0. The topological polar surface area (TPSA) is 32.6 Å². The molecule has 0 amide bonds. The molecular weight excluding hydrogens is 290 g/mol. The van der Waals surface area contributed by atoms with E-state index in [0.29, 0.717) is 17.8 Å². The third kappa shape index (κ3) is 2.02. The first-order valence-corrected chi connectivity index (χ1v) is 8.91. The molecule has 3 aliphatic carbocycles. The zero-order valence-electron chi connectivity index (χ0n) is 13.7. The van der Waals surface area contributed by atoms with Gasteiger partial charge in [0, 0.05) is 11.8 Å². The van der Waals surface area contributed by atoms with E-state index in [1.165, 1.54) is 0 Å². The predicted molar refractivity (Wildman–Crippen MR) is 93.9 cm³/mol. The van der Waals surface area contributed by atoms with Gasteiger partial charge in [-0.1, -0.05) is 19.6 Å². The number of nitrogens with zero attached hydrogens (tertiary/aromatic N) is 1. The minimum atomic E-state index is -0.805. The molecule has 120 valence electrons. The van der Waals surface area contributed by atoms with E-state index < -0.39 is 5.60 Å². The highest BCUT2D eigenvalue weighted by Gasteiger charge is 2.62. The van der Waals surface area contributed by atoms with Crippen LogP contribution in [0.4, 0.5) is 0 Å². The average Bonchev–Trinajstić information content (AvgIpc) is 2.48. The number of thiocarbonyl (C=S) groups is 1. The largest absolute Gasteiger partial charge is 0.385 e. The number of aliphatic imine (C=N–C) groups is 1. The van der Waals surface area contributed by atoms with E-state index in [-0.39, 0.29) is 17.4 Å². The Morgan fingerprint density at radius 3 is 2.82 bits per heavy atom. The van der Waals surface area contributed by atoms with Gasteiger partial charge in [-0.05, 0) is 74.6 Å². The third-order valence-corrected chi connectivity index (χ3v) is 7.11. The van der Waals surface area contributed by atoms with Gasteiger partial charge < -0.3 is 5.11 Å². The van der Waals surface area contributed by atoms with Crippen LogP contribution < -0.4 is 0 Å². The molecule has 1 N–H and O–H groups in total. The minimum absolute atomic E-state index is 0.109. The van der Waals surface area contributed by atoms with Crippen LogP contribution in [-0.4, -0.2) is 21.4 Å². The van der Waals surface area contributed by atoms with Gasteiger partial charge in [0.2, 0.25) is 0 Å². The lowest BCUT2D eigenvalue weighted by atomic mass is 9.45. The van der Waals surface area contributed by atoms with Crippen LogP contribution in [0.3, 0.4) is 0 Å². The molecular formula is C19H27NOS. The summed E-state index contributed by atoms with van der Waals surface area (Å²) in [6.45, 7) is 12.8. The Hall–Kier alpha value is -0.760. The van der Waals surface area contributed by atoms with Crippen molar-refractivity contribution in [3.63, 3.8) is 0 Å². The van der Waals surface area contributed by atoms with Crippen molar-refractivity contribution in [2.45, 2.75) is 57.1 Å². The monoisotopic (exact) mass is 317 g/mol. The second-order valence-corrected chi connectivity index (χ2v) is 8.10. The second kappa shape index (κ2) is 5.40. The lowest BCUT2D eigenvalue weighted by Crippen LogP contribution is -2.64. The molecule has 0 saturated heterocycles. The summed E-state index contributed by atoms with van der Waals surface area (Å²) >= 11 is 4.91. The number of hydrogen-bond acceptors (Lipinski definition) is 3. The fraction of sp³-hybridized carbons (Fsp3) is 0.737. The van der Waals surface area contributed by atoms with Crippen LogP contribution in [0.1, 0.15) is 46.0 Å². The molecule has 0 radical (unpaired) electrons. The molecule has 22 heavy (non-hydrogen) atoms. The molecule has 7 atom stereocenters. The van der Waals surface area contributed by atoms with Gasteiger partial charge >= 0.3 is 0 Å². The highest BCUT2D eigenvalue weighted by molar-refractivity contribution is 7.78. The Morgan fingerprint density at radius 1 is 1.45 bits per heavy atom. The standard InChI is InChI=1S/C19H27NOS/c1-5-14-10-12(2)15-8-9-18(4,20-11-22)16-7-6-13(3)19(14,21)17(15)16/h5,12,14-17,21H,1,3,6-10H2,2,4H3/t12-,14-,15+,16-,17+,18-,19+/m0/s1. The van der Waals surface area contributed by atoms with E-state index in [1.54, 1.807) is 0 Å². The zero-order chi connectivity index (χ0) is 16.1. The van der Waals surface area contributed by atoms with Crippen molar-refractivity contribution in [2.75, 3.05) is 0 Å². The van der Waals surface area contributed by atoms with Crippen molar-refractivity contribution in [3.8, 4) is 0 Å². The van der Waals surface area contributed by atoms with Crippen LogP contribution in [0.5, 0.6) is 0 Å². The van der Waals surface area contributed by atoms with Crippen LogP contribution in [-0.2, 0) is 0 Å². The van der Waals surface area contributed by atoms with Gasteiger partial charge in [-0.3, -0.25) is 0 Å². The molecule has 0 spiro atoms. The summed E-state index contributed by atoms with van der Waals surface area (Å²) in [5, 5.41) is 14.3. The molecule has 3 saturated carbocycles. The van der Waals surface area contributed by atoms with Gasteiger partial charge in [-0.2, -0.15) is 0 Å². The molecule has 3 rings (SSSR count). The SMILES string of the molecule is C=C[C@H]1C[C@H](C)[C@H]2CC[C@](C)(N=C=S)[C@H]3CCC(=C)[C@]1(O)[C@H]23. The van der Waals surface area contributed by atoms with Gasteiger partial charge in [0.05, 0.1) is 16.3 Å². The Kier molecular flexibility index (Phi) is 3.96. The molecule has 0 aliphatic heterocycles. The molecule has 3 aliphatic rings. The minimum Gasteiger partial charge on any atom is -0.385 e. The highest BCUT2D eigenvalue weighted by atomic mass is 32.1. The predicted octanol–water partition coefficient (Wildman–Crippen LogP) is 4.41. The molecule has 2 nitrogen and oxygen atoms in total. The van der Waals surface area contributed by atoms with Gasteiger partial charge in [0.1, 0.15) is 0 Å². The fourth-order valence-electron chi connectivity index (χ4n) is 5.82. The first-order valence-electron chi connectivity index (χ1n) is 8.50. The molecule has 0 aromatic carbocycles. The highest BCUT2D eigenvalue weighted by Crippen LogP contribution is 2.62. The maximum atomic E-state index is 11.7. The first-order chi connectivity index (χ1) is 10.4. The van der Waals surface area contributed by atoms with E-state index >= 15 is 0 Å². The molecule has 0 aromatic rings. The Labute approximate surface area is 139 Å². The van der Waals surface area contributed by atoms with E-state index in [4.69, 9.17) is 12.2 Å². The van der Waals surface area contributed by atoms with Crippen LogP contribution in [0, 0.1) is 29.6 Å². The summed E-state index contributed by atoms with van der Waals surface area (Å²) in [6, 6.07) is 0. The van der Waals surface area contributed by atoms with Gasteiger partial charge in [0.15, 0.2) is 0 Å². The molecule has 0 bridgehead atoms. The lowest BCUT2D eigenvalue weighted by molar-refractivity contribution is -0.159. The maximum absolute atomic E-state index is 11.7. The van der Waals surface area contributed by atoms with Gasteiger partial charge in [-0.25, -0.2) is 4.99 Å². The Morgan fingerprint density at radius 2 is 2.18 bits per heavy atom. The smallest absolute Gasteiger partial charge is 0.0950 e. The second-order valence-electron chi connectivity index (χ2n) is 7.92. The van der Waals surface area contributed by atoms with Crippen molar-refractivity contribution in [1.29, 1.82) is 0 Å². The number of isothiocyanates is 1. The third-order valence-electron chi connectivity index (χ3n) is 7.02. The maximum Gasteiger partial charge on any atom is 0.0950 e. The number of rotatable bonds is 2. The lowest BCUT2D eigenvalue weighted by Gasteiger charge is -2.62. The summed E-state index contributed by atoms with van der Waals surface area (Å²) < 4.78 is 0. The van der Waals surface area contributed by atoms with Crippen molar-refractivity contribution in [3.05, 3.63) is 24.8 Å². The van der Waals surface area contributed by atoms with Crippen molar-refractivity contribution < 1.29 is 5.11 Å². The molecule has 0 aromatic heterocycles. The summed E-state index contributed by atoms with van der Waals surface area (Å²) in [4.78, 5) is 4.56. The summed E-state index contributed by atoms with van der Waals surface area (Å²) in [5.74, 6) is 1.87. The van der Waals surface area contributed by atoms with Crippen LogP contribution in [0.15, 0.2) is 29.8 Å². The van der Waals surface area contributed by atoms with Crippen molar-refractivity contribution >= 4 is 17.4 Å². The summed E-state index contributed by atoms with van der Waals surface area (Å²) in [6.07, 6.45) is 7.06. The van der Waals surface area contributed by atoms with Crippen LogP contribution in [0.2, 0.25) is 0 Å². The van der Waals surface area contributed by atoms with E-state index in [9.17, 15) is 5.11 Å². The van der Waals surface area contributed by atoms with Crippen LogP contribution >= 0.6 is 12.2 Å². The molecule has 3 fully saturated rings. The van der Waals surface area contributed by atoms with E-state index in [0.717, 1.165) is 37.7 Å². The van der Waals surface area contributed by atoms with E-state index in [2.05, 4.69) is 37.2 Å². The van der Waals surface area contributed by atoms with E-state index in [1.807, 2.05) is 6.08 Å². The molecule has 0 unspecified atom stereocenters. The van der Waals surface area contributed by atoms with Crippen molar-refractivity contribution in [2.24, 2.45) is 34.6 Å². The number of hydrogen-bond donors (Lipinski definition) is 1. The molecule has 0 heterocycles. The van der Waals surface area contributed by atoms with Gasteiger partial charge in [-0.15, -0.1) is 6.58 Å². The molecule has 3 heteroatoms. The zero-order valence-corrected chi connectivity index (χ0v) is 14.5. The average molecular weight is 317 g/mol. The van der Waals surface area contributed by atoms with Crippen LogP contribution in [0.25, 0.3) is 0 Å². The quantitative estimate of drug-likeness (QED) is 0.465. The first kappa shape index (κ1) is 16.1. The fourth-order valence-corrected chi connectivity index (χ4v) is 6.03. The number of aliphatic hydroxyl groups is 1. The van der Waals surface area contributed by atoms with Gasteiger partial charge in [0.25, 0.3) is 0 Å². The Balaban J connectivity index is 2.11.